The molecule has 0 amide bonds. The first kappa shape index (κ1) is 16.6. The molecule has 0 aliphatic carbocycles. The molecule has 1 fully saturated rings. The molecular formula is C17H19N3O3S. The molecule has 1 unspecified atom stereocenters. The third kappa shape index (κ3) is 4.18. The monoisotopic (exact) mass is 345 g/mol. The van der Waals surface area contributed by atoms with E-state index in [2.05, 4.69) is 9.97 Å². The van der Waals surface area contributed by atoms with Gasteiger partial charge in [-0.2, -0.15) is 9.29 Å². The Hall–Kier alpha value is -2.25. The van der Waals surface area contributed by atoms with Crippen LogP contribution in [0, 0.1) is 6.92 Å². The highest BCUT2D eigenvalue weighted by molar-refractivity contribution is 7.92. The Bertz CT molecular complexity index is 822. The Kier molecular flexibility index (Phi) is 4.92. The van der Waals surface area contributed by atoms with Crippen LogP contribution >= 0.6 is 0 Å². The van der Waals surface area contributed by atoms with E-state index in [9.17, 15) is 8.42 Å². The first-order valence-corrected chi connectivity index (χ1v) is 9.23. The molecule has 1 aliphatic rings. The number of aromatic nitrogens is 2. The minimum absolute atomic E-state index is 0.195. The Balaban J connectivity index is 1.63. The second-order valence-corrected chi connectivity index (χ2v) is 7.41. The lowest BCUT2D eigenvalue weighted by Crippen LogP contribution is -2.29. The van der Waals surface area contributed by atoms with Gasteiger partial charge in [-0.1, -0.05) is 30.3 Å². The van der Waals surface area contributed by atoms with Gasteiger partial charge in [-0.05, 0) is 25.0 Å². The lowest BCUT2D eigenvalue weighted by Gasteiger charge is -2.15. The van der Waals surface area contributed by atoms with E-state index in [4.69, 9.17) is 4.74 Å². The molecule has 6 nitrogen and oxygen atoms in total. The van der Waals surface area contributed by atoms with E-state index < -0.39 is 10.0 Å². The summed E-state index contributed by atoms with van der Waals surface area (Å²) in [7, 11) is -3.45. The molecule has 2 heterocycles. The summed E-state index contributed by atoms with van der Waals surface area (Å²) in [6, 6.07) is 11.0. The number of nitrogens with zero attached hydrogens (tertiary/aromatic N) is 3. The molecule has 2 aromatic rings. The largest absolute Gasteiger partial charge is 0.473 e. The van der Waals surface area contributed by atoms with E-state index in [1.807, 2.05) is 30.3 Å². The quantitative estimate of drug-likeness (QED) is 0.831. The van der Waals surface area contributed by atoms with Gasteiger partial charge in [-0.3, -0.25) is 0 Å². The number of benzene rings is 1. The number of ether oxygens (including phenoxy) is 1. The van der Waals surface area contributed by atoms with E-state index in [-0.39, 0.29) is 6.10 Å². The predicted octanol–water partition coefficient (Wildman–Crippen LogP) is 2.24. The van der Waals surface area contributed by atoms with Crippen molar-refractivity contribution in [2.24, 2.45) is 0 Å². The molecular weight excluding hydrogens is 326 g/mol. The highest BCUT2D eigenvalue weighted by Crippen LogP contribution is 2.20. The first-order chi connectivity index (χ1) is 11.5. The minimum Gasteiger partial charge on any atom is -0.473 e. The van der Waals surface area contributed by atoms with Gasteiger partial charge in [0.25, 0.3) is 0 Å². The highest BCUT2D eigenvalue weighted by atomic mass is 32.2. The average Bonchev–Trinajstić information content (AvgIpc) is 3.03. The van der Waals surface area contributed by atoms with Crippen LogP contribution in [0.25, 0.3) is 6.08 Å². The molecule has 24 heavy (non-hydrogen) atoms. The maximum absolute atomic E-state index is 12.4. The van der Waals surface area contributed by atoms with Gasteiger partial charge in [0.2, 0.25) is 15.9 Å². The van der Waals surface area contributed by atoms with Crippen LogP contribution in [0.15, 0.2) is 48.0 Å². The Morgan fingerprint density at radius 3 is 2.79 bits per heavy atom. The van der Waals surface area contributed by atoms with E-state index in [0.717, 1.165) is 5.56 Å². The summed E-state index contributed by atoms with van der Waals surface area (Å²) in [4.78, 5) is 8.20. The maximum Gasteiger partial charge on any atom is 0.236 e. The van der Waals surface area contributed by atoms with Gasteiger partial charge in [0, 0.05) is 24.2 Å². The SMILES string of the molecule is Cc1nccc(OC2CCN(S(=O)(=O)C=Cc3ccccc3)C2)n1. The molecule has 0 bridgehead atoms. The molecule has 1 saturated heterocycles. The average molecular weight is 345 g/mol. The van der Waals surface area contributed by atoms with Crippen molar-refractivity contribution in [1.82, 2.24) is 14.3 Å². The second-order valence-electron chi connectivity index (χ2n) is 5.59. The van der Waals surface area contributed by atoms with Gasteiger partial charge < -0.3 is 4.74 Å². The van der Waals surface area contributed by atoms with Crippen molar-refractivity contribution in [1.29, 1.82) is 0 Å². The molecule has 1 aromatic heterocycles. The van der Waals surface area contributed by atoms with Crippen molar-refractivity contribution in [3.63, 3.8) is 0 Å². The van der Waals surface area contributed by atoms with Crippen LogP contribution in [0.5, 0.6) is 5.88 Å². The highest BCUT2D eigenvalue weighted by Gasteiger charge is 2.31. The Morgan fingerprint density at radius 1 is 1.25 bits per heavy atom. The Morgan fingerprint density at radius 2 is 2.04 bits per heavy atom. The van der Waals surface area contributed by atoms with Crippen molar-refractivity contribution >= 4 is 16.1 Å². The fraction of sp³-hybridized carbons (Fsp3) is 0.294. The van der Waals surface area contributed by atoms with E-state index in [1.165, 1.54) is 9.71 Å². The van der Waals surface area contributed by atoms with Gasteiger partial charge >= 0.3 is 0 Å². The number of hydrogen-bond acceptors (Lipinski definition) is 5. The number of aryl methyl sites for hydroxylation is 1. The molecule has 7 heteroatoms. The second kappa shape index (κ2) is 7.11. The van der Waals surface area contributed by atoms with Gasteiger partial charge in [-0.25, -0.2) is 13.4 Å². The zero-order valence-electron chi connectivity index (χ0n) is 13.4. The number of rotatable bonds is 5. The maximum atomic E-state index is 12.4. The van der Waals surface area contributed by atoms with Crippen LogP contribution in [0.1, 0.15) is 17.8 Å². The topological polar surface area (TPSA) is 72.4 Å². The number of hydrogen-bond donors (Lipinski definition) is 0. The van der Waals surface area contributed by atoms with Crippen LogP contribution < -0.4 is 4.74 Å². The van der Waals surface area contributed by atoms with Crippen LogP contribution in [0.2, 0.25) is 0 Å². The fourth-order valence-corrected chi connectivity index (χ4v) is 3.75. The van der Waals surface area contributed by atoms with Gasteiger partial charge in [0.15, 0.2) is 0 Å². The molecule has 0 radical (unpaired) electrons. The first-order valence-electron chi connectivity index (χ1n) is 7.72. The zero-order valence-corrected chi connectivity index (χ0v) is 14.2. The molecule has 1 aliphatic heterocycles. The molecule has 0 spiro atoms. The fourth-order valence-electron chi connectivity index (χ4n) is 2.51. The lowest BCUT2D eigenvalue weighted by atomic mass is 10.2. The van der Waals surface area contributed by atoms with Crippen molar-refractivity contribution in [2.45, 2.75) is 19.4 Å². The van der Waals surface area contributed by atoms with Crippen molar-refractivity contribution in [2.75, 3.05) is 13.1 Å². The molecule has 1 aromatic carbocycles. The van der Waals surface area contributed by atoms with E-state index in [0.29, 0.717) is 31.2 Å². The summed E-state index contributed by atoms with van der Waals surface area (Å²) >= 11 is 0. The van der Waals surface area contributed by atoms with Gasteiger partial charge in [0.05, 0.1) is 6.54 Å². The van der Waals surface area contributed by atoms with Crippen molar-refractivity contribution < 1.29 is 13.2 Å². The summed E-state index contributed by atoms with van der Waals surface area (Å²) in [6.07, 6.45) is 3.68. The summed E-state index contributed by atoms with van der Waals surface area (Å²) in [5, 5.41) is 1.25. The van der Waals surface area contributed by atoms with E-state index >= 15 is 0 Å². The molecule has 1 atom stereocenters. The van der Waals surface area contributed by atoms with Crippen LogP contribution in [0.3, 0.4) is 0 Å². The Labute approximate surface area is 141 Å². The van der Waals surface area contributed by atoms with Crippen LogP contribution in [-0.2, 0) is 10.0 Å². The van der Waals surface area contributed by atoms with E-state index in [1.54, 1.807) is 25.3 Å². The summed E-state index contributed by atoms with van der Waals surface area (Å²) < 4.78 is 32.0. The molecule has 3 rings (SSSR count). The lowest BCUT2D eigenvalue weighted by molar-refractivity contribution is 0.206. The third-order valence-electron chi connectivity index (χ3n) is 3.74. The van der Waals surface area contributed by atoms with Crippen molar-refractivity contribution in [3.8, 4) is 5.88 Å². The summed E-state index contributed by atoms with van der Waals surface area (Å²) in [5.41, 5.74) is 0.851. The normalized spacial score (nSPS) is 19.0. The zero-order chi connectivity index (χ0) is 17.0. The number of sulfonamides is 1. The summed E-state index contributed by atoms with van der Waals surface area (Å²) in [6.45, 7) is 2.55. The van der Waals surface area contributed by atoms with Gasteiger partial charge in [-0.15, -0.1) is 0 Å². The van der Waals surface area contributed by atoms with Crippen molar-refractivity contribution in [3.05, 3.63) is 59.4 Å². The predicted molar refractivity (Wildman–Crippen MR) is 91.8 cm³/mol. The standard InChI is InChI=1S/C17H19N3O3S/c1-14-18-10-7-17(19-14)23-16-8-11-20(13-16)24(21,22)12-9-15-5-3-2-4-6-15/h2-7,9-10,12,16H,8,11,13H2,1H3. The minimum atomic E-state index is -3.45. The molecule has 0 N–H and O–H groups in total. The molecule has 0 saturated carbocycles. The van der Waals surface area contributed by atoms with Crippen LogP contribution in [-0.4, -0.2) is 41.9 Å². The van der Waals surface area contributed by atoms with Gasteiger partial charge in [0.1, 0.15) is 11.9 Å². The van der Waals surface area contributed by atoms with Crippen LogP contribution in [0.4, 0.5) is 0 Å². The molecule has 126 valence electrons. The smallest absolute Gasteiger partial charge is 0.236 e. The third-order valence-corrected chi connectivity index (χ3v) is 5.27. The summed E-state index contributed by atoms with van der Waals surface area (Å²) in [5.74, 6) is 1.10.